The maximum Gasteiger partial charge on any atom is 0.170 e. The molecular formula is C28H23N5S. The van der Waals surface area contributed by atoms with Gasteiger partial charge in [-0.2, -0.15) is 0 Å². The number of nitrogens with one attached hydrogen (secondary N) is 1. The zero-order valence-electron chi connectivity index (χ0n) is 18.5. The van der Waals surface area contributed by atoms with E-state index in [4.69, 9.17) is 12.2 Å². The molecule has 6 rings (SSSR count). The SMILES string of the molecule is S=C1N[C@@H](c2ccccn2)[C@H](c2cccn2-c2ccc3ccccc3c2)N1Cc1ccncc1. The van der Waals surface area contributed by atoms with Crippen LogP contribution in [-0.4, -0.2) is 24.5 Å². The zero-order chi connectivity index (χ0) is 22.9. The first-order valence-corrected chi connectivity index (χ1v) is 11.7. The number of rotatable bonds is 5. The van der Waals surface area contributed by atoms with Gasteiger partial charge >= 0.3 is 0 Å². The highest BCUT2D eigenvalue weighted by atomic mass is 32.1. The van der Waals surface area contributed by atoms with E-state index in [9.17, 15) is 0 Å². The van der Waals surface area contributed by atoms with Crippen LogP contribution in [0.3, 0.4) is 0 Å². The van der Waals surface area contributed by atoms with E-state index >= 15 is 0 Å². The van der Waals surface area contributed by atoms with E-state index in [-0.39, 0.29) is 12.1 Å². The molecule has 0 radical (unpaired) electrons. The minimum Gasteiger partial charge on any atom is -0.352 e. The second kappa shape index (κ2) is 8.72. The average molecular weight is 462 g/mol. The van der Waals surface area contributed by atoms with Crippen LogP contribution in [0.5, 0.6) is 0 Å². The molecule has 34 heavy (non-hydrogen) atoms. The summed E-state index contributed by atoms with van der Waals surface area (Å²) in [4.78, 5) is 11.1. The first-order valence-electron chi connectivity index (χ1n) is 11.3. The van der Waals surface area contributed by atoms with Gasteiger partial charge in [-0.1, -0.05) is 36.4 Å². The number of hydrogen-bond acceptors (Lipinski definition) is 3. The Balaban J connectivity index is 1.46. The minimum absolute atomic E-state index is 0.0305. The molecule has 4 heterocycles. The Morgan fingerprint density at radius 2 is 1.65 bits per heavy atom. The number of aromatic nitrogens is 3. The number of hydrogen-bond donors (Lipinski definition) is 1. The van der Waals surface area contributed by atoms with Crippen LogP contribution in [0.1, 0.15) is 29.0 Å². The number of nitrogens with zero attached hydrogens (tertiary/aromatic N) is 4. The van der Waals surface area contributed by atoms with E-state index in [0.29, 0.717) is 6.54 Å². The first kappa shape index (κ1) is 20.6. The van der Waals surface area contributed by atoms with Crippen molar-refractivity contribution < 1.29 is 0 Å². The Labute approximate surface area is 203 Å². The lowest BCUT2D eigenvalue weighted by atomic mass is 10.0. The minimum atomic E-state index is -0.0651. The summed E-state index contributed by atoms with van der Waals surface area (Å²) in [6, 6.07) is 29.3. The zero-order valence-corrected chi connectivity index (χ0v) is 19.3. The first-order chi connectivity index (χ1) is 16.8. The molecule has 1 aliphatic rings. The quantitative estimate of drug-likeness (QED) is 0.346. The number of pyridine rings is 2. The molecule has 3 aromatic heterocycles. The third-order valence-electron chi connectivity index (χ3n) is 6.39. The van der Waals surface area contributed by atoms with E-state index in [2.05, 4.69) is 91.6 Å². The van der Waals surface area contributed by atoms with Crippen molar-refractivity contribution in [3.63, 3.8) is 0 Å². The second-order valence-corrected chi connectivity index (χ2v) is 8.83. The van der Waals surface area contributed by atoms with Crippen molar-refractivity contribution in [1.82, 2.24) is 24.8 Å². The summed E-state index contributed by atoms with van der Waals surface area (Å²) in [6.07, 6.45) is 7.61. The lowest BCUT2D eigenvalue weighted by molar-refractivity contribution is 0.302. The molecule has 5 aromatic rings. The molecule has 1 N–H and O–H groups in total. The van der Waals surface area contributed by atoms with E-state index in [1.165, 1.54) is 10.8 Å². The van der Waals surface area contributed by atoms with Gasteiger partial charge in [-0.25, -0.2) is 0 Å². The van der Waals surface area contributed by atoms with Gasteiger partial charge in [-0.15, -0.1) is 0 Å². The normalized spacial score (nSPS) is 17.8. The van der Waals surface area contributed by atoms with Crippen LogP contribution in [0, 0.1) is 0 Å². The van der Waals surface area contributed by atoms with Crippen LogP contribution >= 0.6 is 12.2 Å². The van der Waals surface area contributed by atoms with Crippen LogP contribution in [0.2, 0.25) is 0 Å². The number of thiocarbonyl (C=S) groups is 1. The van der Waals surface area contributed by atoms with Crippen LogP contribution in [0.25, 0.3) is 16.5 Å². The summed E-state index contributed by atoms with van der Waals surface area (Å²) in [6.45, 7) is 0.686. The summed E-state index contributed by atoms with van der Waals surface area (Å²) in [5.74, 6) is 0. The third kappa shape index (κ3) is 3.72. The van der Waals surface area contributed by atoms with E-state index in [1.54, 1.807) is 0 Å². The molecule has 1 saturated heterocycles. The predicted molar refractivity (Wildman–Crippen MR) is 139 cm³/mol. The van der Waals surface area contributed by atoms with Gasteiger partial charge in [0, 0.05) is 42.7 Å². The molecule has 1 aliphatic heterocycles. The third-order valence-corrected chi connectivity index (χ3v) is 6.75. The second-order valence-electron chi connectivity index (χ2n) is 8.44. The summed E-state index contributed by atoms with van der Waals surface area (Å²) in [7, 11) is 0. The molecule has 0 aliphatic carbocycles. The number of benzene rings is 2. The van der Waals surface area contributed by atoms with Gasteiger partial charge in [0.1, 0.15) is 0 Å². The summed E-state index contributed by atoms with van der Waals surface area (Å²) in [5, 5.41) is 6.73. The largest absolute Gasteiger partial charge is 0.352 e. The Hall–Kier alpha value is -4.03. The maximum atomic E-state index is 5.85. The van der Waals surface area contributed by atoms with Crippen LogP contribution < -0.4 is 5.32 Å². The summed E-state index contributed by atoms with van der Waals surface area (Å²) >= 11 is 5.85. The Morgan fingerprint density at radius 1 is 0.824 bits per heavy atom. The standard InChI is InChI=1S/C28H23N5S/c34-28-31-26(24-8-3-4-14-30-24)27(33(28)19-20-12-15-29-16-13-20)25-9-5-17-32(25)23-11-10-21-6-1-2-7-22(21)18-23/h1-18,26-27H,19H2,(H,31,34)/t26-,27-/m0/s1. The molecule has 0 unspecified atom stereocenters. The van der Waals surface area contributed by atoms with Crippen molar-refractivity contribution in [1.29, 1.82) is 0 Å². The molecule has 2 aromatic carbocycles. The van der Waals surface area contributed by atoms with Gasteiger partial charge in [0.15, 0.2) is 5.11 Å². The molecule has 0 bridgehead atoms. The molecular weight excluding hydrogens is 438 g/mol. The molecule has 6 heteroatoms. The van der Waals surface area contributed by atoms with Crippen LogP contribution in [0.15, 0.2) is 110 Å². The van der Waals surface area contributed by atoms with E-state index < -0.39 is 0 Å². The Kier molecular flexibility index (Phi) is 5.28. The fourth-order valence-corrected chi connectivity index (χ4v) is 5.08. The lowest BCUT2D eigenvalue weighted by Gasteiger charge is -2.29. The van der Waals surface area contributed by atoms with E-state index in [0.717, 1.165) is 27.8 Å². The topological polar surface area (TPSA) is 46.0 Å². The fourth-order valence-electron chi connectivity index (χ4n) is 4.78. The molecule has 0 amide bonds. The van der Waals surface area contributed by atoms with Crippen LogP contribution in [0.4, 0.5) is 0 Å². The van der Waals surface area contributed by atoms with E-state index in [1.807, 2.05) is 42.9 Å². The smallest absolute Gasteiger partial charge is 0.170 e. The van der Waals surface area contributed by atoms with Crippen molar-refractivity contribution >= 4 is 28.1 Å². The molecule has 0 spiro atoms. The Bertz CT molecular complexity index is 1450. The lowest BCUT2D eigenvalue weighted by Crippen LogP contribution is -2.30. The van der Waals surface area contributed by atoms with Crippen molar-refractivity contribution in [3.8, 4) is 5.69 Å². The van der Waals surface area contributed by atoms with Gasteiger partial charge in [-0.3, -0.25) is 9.97 Å². The van der Waals surface area contributed by atoms with Crippen molar-refractivity contribution in [2.75, 3.05) is 0 Å². The predicted octanol–water partition coefficient (Wildman–Crippen LogP) is 5.59. The summed E-state index contributed by atoms with van der Waals surface area (Å²) < 4.78 is 2.27. The molecule has 2 atom stereocenters. The van der Waals surface area contributed by atoms with Gasteiger partial charge in [-0.05, 0) is 77.1 Å². The maximum absolute atomic E-state index is 5.85. The molecule has 1 fully saturated rings. The fraction of sp³-hybridized carbons (Fsp3) is 0.107. The summed E-state index contributed by atoms with van der Waals surface area (Å²) in [5.41, 5.74) is 4.42. The average Bonchev–Trinajstić information content (AvgIpc) is 3.49. The molecule has 5 nitrogen and oxygen atoms in total. The monoisotopic (exact) mass is 461 g/mol. The molecule has 0 saturated carbocycles. The van der Waals surface area contributed by atoms with Gasteiger partial charge in [0.25, 0.3) is 0 Å². The van der Waals surface area contributed by atoms with Crippen LogP contribution in [-0.2, 0) is 6.54 Å². The van der Waals surface area contributed by atoms with Crippen molar-refractivity contribution in [2.45, 2.75) is 18.6 Å². The van der Waals surface area contributed by atoms with Crippen molar-refractivity contribution in [2.24, 2.45) is 0 Å². The van der Waals surface area contributed by atoms with Gasteiger partial charge < -0.3 is 14.8 Å². The highest BCUT2D eigenvalue weighted by Gasteiger charge is 2.41. The molecule has 166 valence electrons. The Morgan fingerprint density at radius 3 is 2.47 bits per heavy atom. The van der Waals surface area contributed by atoms with Gasteiger partial charge in [0.05, 0.1) is 17.8 Å². The number of fused-ring (bicyclic) bond motifs is 1. The highest BCUT2D eigenvalue weighted by Crippen LogP contribution is 2.40. The van der Waals surface area contributed by atoms with Gasteiger partial charge in [0.2, 0.25) is 0 Å². The highest BCUT2D eigenvalue weighted by molar-refractivity contribution is 7.80. The van der Waals surface area contributed by atoms with Crippen molar-refractivity contribution in [3.05, 3.63) is 127 Å².